The number of hydrogen-bond donors (Lipinski definition) is 0. The van der Waals surface area contributed by atoms with E-state index in [1.54, 1.807) is 18.2 Å². The molecule has 2 aromatic carbocycles. The highest BCUT2D eigenvalue weighted by atomic mass is 19.1. The molecule has 2 aromatic rings. The van der Waals surface area contributed by atoms with E-state index >= 15 is 0 Å². The minimum Gasteiger partial charge on any atom is -0.493 e. The summed E-state index contributed by atoms with van der Waals surface area (Å²) in [5, 5.41) is 0. The maximum atomic E-state index is 13.4. The van der Waals surface area contributed by atoms with Gasteiger partial charge in [0.1, 0.15) is 11.9 Å². The number of rotatable bonds is 7. The second-order valence-corrected chi connectivity index (χ2v) is 7.30. The molecule has 31 heavy (non-hydrogen) atoms. The Morgan fingerprint density at radius 1 is 1.13 bits per heavy atom. The van der Waals surface area contributed by atoms with Crippen LogP contribution in [0.25, 0.3) is 0 Å². The summed E-state index contributed by atoms with van der Waals surface area (Å²) in [6, 6.07) is 8.63. The van der Waals surface area contributed by atoms with Crippen LogP contribution >= 0.6 is 0 Å². The number of halogens is 1. The zero-order valence-corrected chi connectivity index (χ0v) is 17.9. The summed E-state index contributed by atoms with van der Waals surface area (Å²) in [6.45, 7) is 3.73. The van der Waals surface area contributed by atoms with Gasteiger partial charge in [-0.1, -0.05) is 6.92 Å². The van der Waals surface area contributed by atoms with Gasteiger partial charge in [0.2, 0.25) is 5.91 Å². The number of methoxy groups -OCH3 is 2. The second kappa shape index (κ2) is 9.16. The van der Waals surface area contributed by atoms with Crippen molar-refractivity contribution in [3.05, 3.63) is 53.8 Å². The molecule has 0 bridgehead atoms. The molecule has 1 heterocycles. The predicted octanol–water partition coefficient (Wildman–Crippen LogP) is 3.42. The van der Waals surface area contributed by atoms with E-state index in [0.29, 0.717) is 23.5 Å². The fourth-order valence-electron chi connectivity index (χ4n) is 3.66. The lowest BCUT2D eigenvalue weighted by atomic mass is 10.1. The first kappa shape index (κ1) is 22.3. The van der Waals surface area contributed by atoms with Gasteiger partial charge in [-0.05, 0) is 55.8 Å². The molecule has 0 radical (unpaired) electrons. The van der Waals surface area contributed by atoms with Gasteiger partial charge in [0.25, 0.3) is 11.8 Å². The van der Waals surface area contributed by atoms with E-state index < -0.39 is 23.7 Å². The molecule has 0 aliphatic carbocycles. The Balaban J connectivity index is 1.96. The monoisotopic (exact) mass is 428 g/mol. The Bertz CT molecular complexity index is 992. The average molecular weight is 428 g/mol. The molecule has 0 saturated carbocycles. The molecule has 1 aliphatic heterocycles. The highest BCUT2D eigenvalue weighted by Crippen LogP contribution is 2.31. The fraction of sp³-hybridized carbons (Fsp3) is 0.348. The van der Waals surface area contributed by atoms with Gasteiger partial charge in [-0.2, -0.15) is 0 Å². The normalized spacial score (nSPS) is 16.9. The van der Waals surface area contributed by atoms with E-state index in [0.717, 1.165) is 4.90 Å². The zero-order chi connectivity index (χ0) is 22.7. The topological polar surface area (TPSA) is 76.2 Å². The Morgan fingerprint density at radius 2 is 1.77 bits per heavy atom. The Labute approximate surface area is 180 Å². The number of anilines is 1. The zero-order valence-electron chi connectivity index (χ0n) is 17.9. The first-order chi connectivity index (χ1) is 14.8. The van der Waals surface area contributed by atoms with Crippen LogP contribution in [0.4, 0.5) is 10.1 Å². The van der Waals surface area contributed by atoms with Gasteiger partial charge in [-0.3, -0.25) is 14.4 Å². The summed E-state index contributed by atoms with van der Waals surface area (Å²) in [6.07, 6.45) is 0.452. The Kier molecular flexibility index (Phi) is 6.58. The maximum absolute atomic E-state index is 13.4. The van der Waals surface area contributed by atoms with Gasteiger partial charge in [0.05, 0.1) is 26.3 Å². The van der Waals surface area contributed by atoms with Crippen LogP contribution in [0.15, 0.2) is 42.5 Å². The fourth-order valence-corrected chi connectivity index (χ4v) is 3.66. The van der Waals surface area contributed by atoms with Crippen molar-refractivity contribution in [3.8, 4) is 11.5 Å². The van der Waals surface area contributed by atoms with E-state index in [-0.39, 0.29) is 24.1 Å². The summed E-state index contributed by atoms with van der Waals surface area (Å²) in [4.78, 5) is 41.8. The van der Waals surface area contributed by atoms with Crippen molar-refractivity contribution in [1.82, 2.24) is 4.90 Å². The lowest BCUT2D eigenvalue weighted by Gasteiger charge is -2.33. The lowest BCUT2D eigenvalue weighted by Crippen LogP contribution is -2.49. The van der Waals surface area contributed by atoms with Crippen LogP contribution < -0.4 is 14.4 Å². The van der Waals surface area contributed by atoms with Gasteiger partial charge in [0.15, 0.2) is 11.5 Å². The third-order valence-corrected chi connectivity index (χ3v) is 5.47. The molecule has 8 heteroatoms. The molecular weight excluding hydrogens is 403 g/mol. The molecule has 1 saturated heterocycles. The van der Waals surface area contributed by atoms with Crippen LogP contribution in [0.2, 0.25) is 0 Å². The molecule has 3 amide bonds. The number of carbonyl (C=O) groups is 3. The summed E-state index contributed by atoms with van der Waals surface area (Å²) in [5.41, 5.74) is 0.597. The molecular formula is C23H25FN2O5. The highest BCUT2D eigenvalue weighted by Gasteiger charge is 2.45. The number of ether oxygens (including phenoxy) is 2. The van der Waals surface area contributed by atoms with E-state index in [9.17, 15) is 18.8 Å². The molecule has 7 nitrogen and oxygen atoms in total. The second-order valence-electron chi connectivity index (χ2n) is 7.30. The lowest BCUT2D eigenvalue weighted by molar-refractivity contribution is -0.122. The predicted molar refractivity (Wildman–Crippen MR) is 113 cm³/mol. The van der Waals surface area contributed by atoms with Crippen molar-refractivity contribution in [3.63, 3.8) is 0 Å². The van der Waals surface area contributed by atoms with Crippen LogP contribution in [0, 0.1) is 5.82 Å². The van der Waals surface area contributed by atoms with Crippen molar-refractivity contribution in [2.24, 2.45) is 0 Å². The minimum atomic E-state index is -0.951. The minimum absolute atomic E-state index is 0.139. The van der Waals surface area contributed by atoms with Crippen molar-refractivity contribution in [2.75, 3.05) is 19.1 Å². The Morgan fingerprint density at radius 3 is 2.35 bits per heavy atom. The van der Waals surface area contributed by atoms with E-state index in [1.165, 1.54) is 43.4 Å². The molecule has 3 rings (SSSR count). The number of imide groups is 1. The number of hydrogen-bond acceptors (Lipinski definition) is 5. The van der Waals surface area contributed by atoms with Crippen molar-refractivity contribution in [2.45, 2.75) is 38.8 Å². The SMILES string of the molecule is CCC(C)N(C(=O)c1ccc(OC)c(OC)c1)C1CC(=O)N(c2ccc(F)cc2)C1=O. The van der Waals surface area contributed by atoms with Gasteiger partial charge in [0, 0.05) is 11.6 Å². The van der Waals surface area contributed by atoms with Gasteiger partial charge in [-0.15, -0.1) is 0 Å². The smallest absolute Gasteiger partial charge is 0.257 e. The van der Waals surface area contributed by atoms with Gasteiger partial charge >= 0.3 is 0 Å². The average Bonchev–Trinajstić information content (AvgIpc) is 3.07. The molecule has 1 fully saturated rings. The van der Waals surface area contributed by atoms with Crippen LogP contribution in [0.1, 0.15) is 37.0 Å². The maximum Gasteiger partial charge on any atom is 0.257 e. The summed E-state index contributed by atoms with van der Waals surface area (Å²) in [5.74, 6) is -0.935. The van der Waals surface area contributed by atoms with Crippen LogP contribution in [-0.4, -0.2) is 48.9 Å². The largest absolute Gasteiger partial charge is 0.493 e. The number of nitrogens with zero attached hydrogens (tertiary/aromatic N) is 2. The van der Waals surface area contributed by atoms with Crippen LogP contribution in [-0.2, 0) is 9.59 Å². The molecule has 0 spiro atoms. The van der Waals surface area contributed by atoms with E-state index in [4.69, 9.17) is 9.47 Å². The van der Waals surface area contributed by atoms with Gasteiger partial charge in [-0.25, -0.2) is 9.29 Å². The third kappa shape index (κ3) is 4.23. The quantitative estimate of drug-likeness (QED) is 0.632. The van der Waals surface area contributed by atoms with Crippen LogP contribution in [0.3, 0.4) is 0 Å². The Hall–Kier alpha value is -3.42. The molecule has 2 atom stereocenters. The van der Waals surface area contributed by atoms with E-state index in [2.05, 4.69) is 0 Å². The standard InChI is InChI=1S/C23H25FN2O5/c1-5-14(2)25(22(28)15-6-11-19(30-3)20(12-15)31-4)18-13-21(27)26(23(18)29)17-9-7-16(24)8-10-17/h6-12,14,18H,5,13H2,1-4H3. The highest BCUT2D eigenvalue weighted by molar-refractivity contribution is 6.23. The number of benzene rings is 2. The number of carbonyl (C=O) groups excluding carboxylic acids is 3. The van der Waals surface area contributed by atoms with Crippen molar-refractivity contribution in [1.29, 1.82) is 0 Å². The third-order valence-electron chi connectivity index (χ3n) is 5.47. The molecule has 2 unspecified atom stereocenters. The van der Waals surface area contributed by atoms with Crippen molar-refractivity contribution < 1.29 is 28.2 Å². The molecule has 1 aliphatic rings. The van der Waals surface area contributed by atoms with Crippen molar-refractivity contribution >= 4 is 23.4 Å². The summed E-state index contributed by atoms with van der Waals surface area (Å²) in [7, 11) is 2.97. The molecule has 164 valence electrons. The number of amides is 3. The van der Waals surface area contributed by atoms with Gasteiger partial charge < -0.3 is 14.4 Å². The van der Waals surface area contributed by atoms with Crippen LogP contribution in [0.5, 0.6) is 11.5 Å². The first-order valence-corrected chi connectivity index (χ1v) is 9.99. The summed E-state index contributed by atoms with van der Waals surface area (Å²) >= 11 is 0. The molecule has 0 N–H and O–H groups in total. The first-order valence-electron chi connectivity index (χ1n) is 9.99. The molecule has 0 aromatic heterocycles. The summed E-state index contributed by atoms with van der Waals surface area (Å²) < 4.78 is 23.8. The van der Waals surface area contributed by atoms with E-state index in [1.807, 2.05) is 13.8 Å².